The van der Waals surface area contributed by atoms with Crippen LogP contribution >= 0.6 is 0 Å². The molecular weight excluding hydrogens is 234 g/mol. The molecule has 0 spiro atoms. The number of methoxy groups -OCH3 is 1. The van der Waals surface area contributed by atoms with E-state index in [0.29, 0.717) is 5.69 Å². The molecule has 0 aliphatic carbocycles. The Kier molecular flexibility index (Phi) is 3.38. The van der Waals surface area contributed by atoms with Crippen molar-refractivity contribution >= 4 is 17.5 Å². The molecule has 2 rings (SSSR count). The summed E-state index contributed by atoms with van der Waals surface area (Å²) >= 11 is 0. The Hall–Kier alpha value is -2.63. The van der Waals surface area contributed by atoms with E-state index in [-0.39, 0.29) is 11.5 Å². The molecule has 0 unspecified atom stereocenters. The fourth-order valence-electron chi connectivity index (χ4n) is 1.40. The van der Waals surface area contributed by atoms with Crippen molar-refractivity contribution in [3.63, 3.8) is 0 Å². The summed E-state index contributed by atoms with van der Waals surface area (Å²) < 4.78 is 5.03. The Morgan fingerprint density at radius 3 is 2.50 bits per heavy atom. The minimum atomic E-state index is -1.13. The molecule has 0 saturated heterocycles. The first-order valence-electron chi connectivity index (χ1n) is 5.16. The van der Waals surface area contributed by atoms with Crippen molar-refractivity contribution in [2.75, 3.05) is 12.4 Å². The number of nitrogens with zero attached hydrogens (tertiary/aromatic N) is 2. The number of ether oxygens (including phenoxy) is 1. The van der Waals surface area contributed by atoms with Crippen LogP contribution in [-0.2, 0) is 0 Å². The summed E-state index contributed by atoms with van der Waals surface area (Å²) in [5.74, 6) is -0.201. The maximum atomic E-state index is 10.9. The van der Waals surface area contributed by atoms with Crippen LogP contribution in [0.1, 0.15) is 10.5 Å². The molecule has 0 radical (unpaired) electrons. The molecule has 0 aliphatic heterocycles. The lowest BCUT2D eigenvalue weighted by Gasteiger charge is -2.07. The van der Waals surface area contributed by atoms with Gasteiger partial charge in [-0.25, -0.2) is 14.8 Å². The monoisotopic (exact) mass is 245 g/mol. The molecule has 6 heteroatoms. The number of carboxylic acids is 1. The normalized spacial score (nSPS) is 9.83. The topological polar surface area (TPSA) is 84.3 Å². The van der Waals surface area contributed by atoms with Crippen molar-refractivity contribution in [3.8, 4) is 5.75 Å². The van der Waals surface area contributed by atoms with Gasteiger partial charge in [-0.15, -0.1) is 0 Å². The van der Waals surface area contributed by atoms with E-state index < -0.39 is 5.97 Å². The second kappa shape index (κ2) is 5.13. The minimum absolute atomic E-state index is 0.117. The van der Waals surface area contributed by atoms with E-state index in [1.54, 1.807) is 31.4 Å². The first-order chi connectivity index (χ1) is 8.70. The van der Waals surface area contributed by atoms with E-state index in [9.17, 15) is 4.79 Å². The van der Waals surface area contributed by atoms with Gasteiger partial charge in [-0.1, -0.05) is 0 Å². The quantitative estimate of drug-likeness (QED) is 0.856. The number of carbonyl (C=O) groups is 1. The van der Waals surface area contributed by atoms with E-state index >= 15 is 0 Å². The number of anilines is 2. The van der Waals surface area contributed by atoms with Crippen LogP contribution in [0.5, 0.6) is 5.75 Å². The molecule has 92 valence electrons. The molecule has 0 aliphatic rings. The van der Waals surface area contributed by atoms with E-state index in [4.69, 9.17) is 9.84 Å². The molecular formula is C12H11N3O3. The zero-order chi connectivity index (χ0) is 13.0. The maximum absolute atomic E-state index is 10.9. The number of aromatic carboxylic acids is 1. The molecule has 1 aromatic carbocycles. The summed E-state index contributed by atoms with van der Waals surface area (Å²) in [5, 5.41) is 11.9. The number of nitrogens with one attached hydrogen (secondary N) is 1. The summed E-state index contributed by atoms with van der Waals surface area (Å²) in [5.41, 5.74) is 0.590. The van der Waals surface area contributed by atoms with Gasteiger partial charge < -0.3 is 15.2 Å². The molecule has 0 bridgehead atoms. The van der Waals surface area contributed by atoms with Gasteiger partial charge in [-0.3, -0.25) is 0 Å². The van der Waals surface area contributed by atoms with Gasteiger partial charge in [0.25, 0.3) is 0 Å². The summed E-state index contributed by atoms with van der Waals surface area (Å²) in [6.45, 7) is 0. The van der Waals surface area contributed by atoms with Crippen LogP contribution < -0.4 is 10.1 Å². The Morgan fingerprint density at radius 1 is 1.22 bits per heavy atom. The number of carboxylic acid groups (broad SMARTS) is 1. The molecule has 6 nitrogen and oxygen atoms in total. The van der Waals surface area contributed by atoms with Gasteiger partial charge in [-0.2, -0.15) is 0 Å². The van der Waals surface area contributed by atoms with Crippen LogP contribution in [0.2, 0.25) is 0 Å². The number of rotatable bonds is 4. The minimum Gasteiger partial charge on any atom is -0.497 e. The van der Waals surface area contributed by atoms with E-state index in [0.717, 1.165) is 5.75 Å². The molecule has 1 aromatic heterocycles. The van der Waals surface area contributed by atoms with Gasteiger partial charge >= 0.3 is 5.97 Å². The average molecular weight is 245 g/mol. The van der Waals surface area contributed by atoms with Gasteiger partial charge in [0.05, 0.1) is 7.11 Å². The van der Waals surface area contributed by atoms with E-state index in [1.807, 2.05) is 0 Å². The molecule has 18 heavy (non-hydrogen) atoms. The van der Waals surface area contributed by atoms with Crippen LogP contribution in [0.4, 0.5) is 11.5 Å². The molecule has 1 heterocycles. The Bertz CT molecular complexity index is 555. The lowest BCUT2D eigenvalue weighted by Crippen LogP contribution is -2.07. The van der Waals surface area contributed by atoms with Gasteiger partial charge in [0, 0.05) is 18.1 Å². The summed E-state index contributed by atoms with van der Waals surface area (Å²) in [7, 11) is 1.58. The van der Waals surface area contributed by atoms with Crippen LogP contribution in [0.15, 0.2) is 36.7 Å². The highest BCUT2D eigenvalue weighted by Crippen LogP contribution is 2.19. The predicted molar refractivity (Wildman–Crippen MR) is 65.3 cm³/mol. The first kappa shape index (κ1) is 11.8. The highest BCUT2D eigenvalue weighted by molar-refractivity contribution is 5.91. The Morgan fingerprint density at radius 2 is 1.89 bits per heavy atom. The van der Waals surface area contributed by atoms with Crippen molar-refractivity contribution < 1.29 is 14.6 Å². The predicted octanol–water partition coefficient (Wildman–Crippen LogP) is 1.93. The van der Waals surface area contributed by atoms with Gasteiger partial charge in [0.2, 0.25) is 0 Å². The molecule has 0 atom stereocenters. The highest BCUT2D eigenvalue weighted by atomic mass is 16.5. The van der Waals surface area contributed by atoms with Crippen LogP contribution in [0, 0.1) is 0 Å². The lowest BCUT2D eigenvalue weighted by atomic mass is 10.3. The third-order valence-corrected chi connectivity index (χ3v) is 2.25. The highest BCUT2D eigenvalue weighted by Gasteiger charge is 2.12. The van der Waals surface area contributed by atoms with Crippen molar-refractivity contribution in [2.24, 2.45) is 0 Å². The van der Waals surface area contributed by atoms with Crippen molar-refractivity contribution in [3.05, 3.63) is 42.4 Å². The third kappa shape index (κ3) is 2.54. The van der Waals surface area contributed by atoms with E-state index in [1.165, 1.54) is 12.4 Å². The van der Waals surface area contributed by atoms with Crippen molar-refractivity contribution in [1.82, 2.24) is 9.97 Å². The summed E-state index contributed by atoms with van der Waals surface area (Å²) in [6, 6.07) is 7.05. The number of benzene rings is 1. The van der Waals surface area contributed by atoms with Crippen molar-refractivity contribution in [1.29, 1.82) is 0 Å². The fraction of sp³-hybridized carbons (Fsp3) is 0.0833. The van der Waals surface area contributed by atoms with Crippen LogP contribution in [-0.4, -0.2) is 28.2 Å². The van der Waals surface area contributed by atoms with Gasteiger partial charge in [0.1, 0.15) is 5.75 Å². The molecule has 0 amide bonds. The molecule has 2 N–H and O–H groups in total. The van der Waals surface area contributed by atoms with Crippen LogP contribution in [0.3, 0.4) is 0 Å². The fourth-order valence-corrected chi connectivity index (χ4v) is 1.40. The average Bonchev–Trinajstić information content (AvgIpc) is 2.40. The Labute approximate surface area is 103 Å². The number of hydrogen-bond acceptors (Lipinski definition) is 5. The van der Waals surface area contributed by atoms with E-state index in [2.05, 4.69) is 15.3 Å². The maximum Gasteiger partial charge on any atom is 0.358 e. The van der Waals surface area contributed by atoms with Crippen molar-refractivity contribution in [2.45, 2.75) is 0 Å². The SMILES string of the molecule is COc1ccc(Nc2nccnc2C(=O)O)cc1. The second-order valence-corrected chi connectivity index (χ2v) is 3.41. The van der Waals surface area contributed by atoms with Gasteiger partial charge in [0.15, 0.2) is 11.5 Å². The lowest BCUT2D eigenvalue weighted by molar-refractivity contribution is 0.0691. The first-order valence-corrected chi connectivity index (χ1v) is 5.16. The third-order valence-electron chi connectivity index (χ3n) is 2.25. The largest absolute Gasteiger partial charge is 0.497 e. The molecule has 2 aromatic rings. The molecule has 0 fully saturated rings. The standard InChI is InChI=1S/C12H11N3O3/c1-18-9-4-2-8(3-5-9)15-11-10(12(16)17)13-6-7-14-11/h2-7H,1H3,(H,14,15)(H,16,17). The Balaban J connectivity index is 2.25. The number of hydrogen-bond donors (Lipinski definition) is 2. The summed E-state index contributed by atoms with van der Waals surface area (Å²) in [6.07, 6.45) is 2.76. The van der Waals surface area contributed by atoms with Crippen LogP contribution in [0.25, 0.3) is 0 Å². The smallest absolute Gasteiger partial charge is 0.358 e. The second-order valence-electron chi connectivity index (χ2n) is 3.41. The van der Waals surface area contributed by atoms with Gasteiger partial charge in [-0.05, 0) is 24.3 Å². The zero-order valence-corrected chi connectivity index (χ0v) is 9.62. The number of aromatic nitrogens is 2. The summed E-state index contributed by atoms with van der Waals surface area (Å²) in [4.78, 5) is 18.7. The zero-order valence-electron chi connectivity index (χ0n) is 9.62. The molecule has 0 saturated carbocycles.